The van der Waals surface area contributed by atoms with Crippen LogP contribution in [0.25, 0.3) is 40.5 Å². The van der Waals surface area contributed by atoms with E-state index in [0.717, 1.165) is 39.2 Å². The van der Waals surface area contributed by atoms with Crippen molar-refractivity contribution in [1.29, 1.82) is 0 Å². The number of nitrogens with zero attached hydrogens (tertiary/aromatic N) is 5. The lowest BCUT2D eigenvalue weighted by atomic mass is 9.95. The first-order valence-electron chi connectivity index (χ1n) is 15.6. The monoisotopic (exact) mass is 680 g/mol. The fraction of sp³-hybridized carbons (Fsp3) is 0.184. The molecule has 0 spiro atoms. The van der Waals surface area contributed by atoms with Gasteiger partial charge in [0.15, 0.2) is 11.0 Å². The van der Waals surface area contributed by atoms with Gasteiger partial charge in [0.2, 0.25) is 0 Å². The van der Waals surface area contributed by atoms with Gasteiger partial charge in [0, 0.05) is 42.7 Å². The van der Waals surface area contributed by atoms with Crippen LogP contribution < -0.4 is 25.9 Å². The number of aryl methyl sites for hydroxylation is 4. The number of imidazole rings is 2. The van der Waals surface area contributed by atoms with Gasteiger partial charge in [-0.25, -0.2) is 9.13 Å². The highest BCUT2D eigenvalue weighted by Gasteiger charge is 2.22. The number of aliphatic carboxylic acids is 1. The smallest absolute Gasteiger partial charge is 0.323 e. The van der Waals surface area contributed by atoms with E-state index in [4.69, 9.17) is 23.2 Å². The van der Waals surface area contributed by atoms with E-state index in [1.807, 2.05) is 98.6 Å². The second-order valence-electron chi connectivity index (χ2n) is 11.8. The number of hydrogen-bond acceptors (Lipinski definition) is 3. The average Bonchev–Trinajstić information content (AvgIpc) is 3.46. The number of rotatable bonds is 7. The van der Waals surface area contributed by atoms with Gasteiger partial charge in [-0.15, -0.1) is 0 Å². The second kappa shape index (κ2) is 13.2. The van der Waals surface area contributed by atoms with Crippen LogP contribution in [0, 0.1) is 13.8 Å². The molecule has 1 aliphatic heterocycles. The summed E-state index contributed by atoms with van der Waals surface area (Å²) in [6, 6.07) is 17.2. The number of anilines is 1. The Balaban J connectivity index is 1.59. The summed E-state index contributed by atoms with van der Waals surface area (Å²) < 4.78 is 7.24. The molecule has 0 aliphatic carbocycles. The van der Waals surface area contributed by atoms with Crippen molar-refractivity contribution >= 4 is 69.7 Å². The molecule has 0 radical (unpaired) electrons. The SMILES string of the molecule is CCn1c(/C=C/C=c2/n(CC(=O)O)c(=C/C=C3\C=CN(C)c4cc(C)c(C)cc43)c(=O)n2-c2ccccc2)[n+](C)c2cc(Cl)c(Cl)cc21. The van der Waals surface area contributed by atoms with E-state index in [-0.39, 0.29) is 10.9 Å². The highest BCUT2D eigenvalue weighted by atomic mass is 35.5. The van der Waals surface area contributed by atoms with Crippen molar-refractivity contribution < 1.29 is 14.5 Å². The zero-order valence-corrected chi connectivity index (χ0v) is 28.9. The lowest BCUT2D eigenvalue weighted by Gasteiger charge is -2.25. The normalized spacial score (nSPS) is 14.6. The summed E-state index contributed by atoms with van der Waals surface area (Å²) in [5, 5.41) is 11.2. The standard InChI is InChI=1S/C38H35Cl2N5O3/c1-6-43-34-22-30(40)29(39)21-33(34)42(5)35(43)13-10-14-36-44(23-37(46)47)31(38(48)45(36)27-11-8-7-9-12-27)16-15-26-17-18-41(4)32-20-25(3)24(2)19-28(26)32/h7-22H,6,23H2,1-5H3/p+1/b26-15+,31-16?. The molecular weight excluding hydrogens is 645 g/mol. The Hall–Kier alpha value is -5.05. The number of carboxylic acids is 1. The van der Waals surface area contributed by atoms with E-state index in [1.54, 1.807) is 21.3 Å². The molecule has 10 heteroatoms. The minimum atomic E-state index is -1.06. The Labute approximate surface area is 288 Å². The predicted octanol–water partition coefficient (Wildman–Crippen LogP) is 5.77. The molecule has 244 valence electrons. The largest absolute Gasteiger partial charge is 0.480 e. The van der Waals surface area contributed by atoms with Crippen molar-refractivity contribution in [3.8, 4) is 5.69 Å². The van der Waals surface area contributed by atoms with Crippen molar-refractivity contribution in [3.63, 3.8) is 0 Å². The van der Waals surface area contributed by atoms with Crippen LogP contribution in [0.2, 0.25) is 10.0 Å². The maximum Gasteiger partial charge on any atom is 0.323 e. The molecule has 0 bridgehead atoms. The van der Waals surface area contributed by atoms with Crippen molar-refractivity contribution in [1.82, 2.24) is 13.7 Å². The molecule has 5 aromatic rings. The summed E-state index contributed by atoms with van der Waals surface area (Å²) in [6.07, 6.45) is 13.1. The molecule has 0 fully saturated rings. The predicted molar refractivity (Wildman–Crippen MR) is 195 cm³/mol. The highest BCUT2D eigenvalue weighted by Crippen LogP contribution is 2.34. The summed E-state index contributed by atoms with van der Waals surface area (Å²) in [5.74, 6) is -0.185. The summed E-state index contributed by atoms with van der Waals surface area (Å²) >= 11 is 12.7. The van der Waals surface area contributed by atoms with Crippen molar-refractivity contribution in [2.24, 2.45) is 7.05 Å². The number of fused-ring (bicyclic) bond motifs is 2. The average molecular weight is 682 g/mol. The van der Waals surface area contributed by atoms with Crippen LogP contribution in [0.3, 0.4) is 0 Å². The summed E-state index contributed by atoms with van der Waals surface area (Å²) in [5.41, 5.74) is 7.95. The first-order valence-corrected chi connectivity index (χ1v) is 16.3. The van der Waals surface area contributed by atoms with Crippen molar-refractivity contribution in [2.45, 2.75) is 33.9 Å². The molecule has 48 heavy (non-hydrogen) atoms. The van der Waals surface area contributed by atoms with Gasteiger partial charge in [-0.3, -0.25) is 14.2 Å². The van der Waals surface area contributed by atoms with Crippen LogP contribution in [-0.4, -0.2) is 31.8 Å². The molecule has 1 aliphatic rings. The van der Waals surface area contributed by atoms with Crippen LogP contribution >= 0.6 is 23.2 Å². The maximum atomic E-state index is 14.2. The fourth-order valence-corrected chi connectivity index (χ4v) is 6.54. The van der Waals surface area contributed by atoms with Gasteiger partial charge in [0.25, 0.3) is 11.4 Å². The highest BCUT2D eigenvalue weighted by molar-refractivity contribution is 6.42. The third-order valence-corrected chi connectivity index (χ3v) is 9.55. The van der Waals surface area contributed by atoms with E-state index in [0.29, 0.717) is 27.8 Å². The third kappa shape index (κ3) is 5.93. The Morgan fingerprint density at radius 1 is 0.958 bits per heavy atom. The Morgan fingerprint density at radius 2 is 1.67 bits per heavy atom. The third-order valence-electron chi connectivity index (χ3n) is 8.82. The molecule has 0 saturated heterocycles. The topological polar surface area (TPSA) is 76.3 Å². The number of carbonyl (C=O) groups is 1. The van der Waals surface area contributed by atoms with Crippen molar-refractivity contribution in [2.75, 3.05) is 11.9 Å². The van der Waals surface area contributed by atoms with Gasteiger partial charge >= 0.3 is 5.97 Å². The molecule has 0 atom stereocenters. The summed E-state index contributed by atoms with van der Waals surface area (Å²) in [6.45, 7) is 6.48. The van der Waals surface area contributed by atoms with Gasteiger partial charge in [-0.2, -0.15) is 0 Å². The minimum Gasteiger partial charge on any atom is -0.480 e. The number of halogens is 2. The minimum absolute atomic E-state index is 0.253. The molecule has 8 nitrogen and oxygen atoms in total. The molecule has 0 saturated carbocycles. The lowest BCUT2D eigenvalue weighted by molar-refractivity contribution is -0.647. The quantitative estimate of drug-likeness (QED) is 0.222. The Bertz CT molecular complexity index is 2380. The second-order valence-corrected chi connectivity index (χ2v) is 12.6. The first kappa shape index (κ1) is 32.9. The number of hydrogen-bond donors (Lipinski definition) is 1. The molecule has 3 aromatic carbocycles. The van der Waals surface area contributed by atoms with Gasteiger partial charge in [0.05, 0.1) is 29.3 Å². The Kier molecular flexibility index (Phi) is 9.05. The molecular formula is C38H36Cl2N5O3+. The van der Waals surface area contributed by atoms with E-state index in [1.165, 1.54) is 5.56 Å². The van der Waals surface area contributed by atoms with Gasteiger partial charge < -0.3 is 14.6 Å². The van der Waals surface area contributed by atoms with Gasteiger partial charge in [-0.1, -0.05) is 53.6 Å². The number of allylic oxidation sites excluding steroid dienone is 4. The van der Waals surface area contributed by atoms with E-state index < -0.39 is 12.5 Å². The summed E-state index contributed by atoms with van der Waals surface area (Å²) in [7, 11) is 3.95. The molecule has 2 aromatic heterocycles. The number of aromatic nitrogens is 4. The fourth-order valence-electron chi connectivity index (χ4n) is 6.23. The molecule has 0 amide bonds. The van der Waals surface area contributed by atoms with Crippen LogP contribution in [-0.2, 0) is 24.9 Å². The Morgan fingerprint density at radius 3 is 2.38 bits per heavy atom. The van der Waals surface area contributed by atoms with Gasteiger partial charge in [-0.05, 0) is 80.0 Å². The van der Waals surface area contributed by atoms with Crippen molar-refractivity contribution in [3.05, 3.63) is 133 Å². The first-order chi connectivity index (χ1) is 23.0. The zero-order valence-electron chi connectivity index (χ0n) is 27.4. The van der Waals surface area contributed by atoms with E-state index in [2.05, 4.69) is 35.4 Å². The molecule has 0 unspecified atom stereocenters. The molecule has 6 rings (SSSR count). The van der Waals surface area contributed by atoms with Crippen LogP contribution in [0.5, 0.6) is 0 Å². The van der Waals surface area contributed by atoms with Crippen LogP contribution in [0.4, 0.5) is 5.69 Å². The molecule has 1 N–H and O–H groups in total. The van der Waals surface area contributed by atoms with E-state index in [9.17, 15) is 14.7 Å². The number of para-hydroxylation sites is 1. The van der Waals surface area contributed by atoms with Crippen LogP contribution in [0.1, 0.15) is 29.4 Å². The number of benzene rings is 3. The maximum absolute atomic E-state index is 14.2. The zero-order chi connectivity index (χ0) is 34.3. The number of carboxylic acid groups (broad SMARTS) is 1. The van der Waals surface area contributed by atoms with E-state index >= 15 is 0 Å². The van der Waals surface area contributed by atoms with Crippen LogP contribution in [0.15, 0.2) is 83.8 Å². The lowest BCUT2D eigenvalue weighted by Crippen LogP contribution is -2.34. The molecule has 3 heterocycles. The van der Waals surface area contributed by atoms with Gasteiger partial charge in [0.1, 0.15) is 17.4 Å². The summed E-state index contributed by atoms with van der Waals surface area (Å²) in [4.78, 5) is 28.5.